The minimum Gasteiger partial charge on any atom is -0.0683 e. The number of rotatable bonds is 2. The molecule has 0 atom stereocenters. The Bertz CT molecular complexity index is 1120. The molecule has 0 bridgehead atoms. The van der Waals surface area contributed by atoms with Gasteiger partial charge in [-0.15, -0.1) is 0 Å². The third-order valence-corrected chi connectivity index (χ3v) is 5.57. The lowest BCUT2D eigenvalue weighted by Gasteiger charge is -2.27. The van der Waals surface area contributed by atoms with E-state index in [-0.39, 0.29) is 5.41 Å². The van der Waals surface area contributed by atoms with Crippen LogP contribution in [0.3, 0.4) is 0 Å². The molecule has 0 spiro atoms. The van der Waals surface area contributed by atoms with Crippen LogP contribution in [0.2, 0.25) is 0 Å². The van der Waals surface area contributed by atoms with Crippen molar-refractivity contribution in [2.75, 3.05) is 0 Å². The molecule has 0 heteroatoms. The minimum absolute atomic E-state index is 0.0740. The summed E-state index contributed by atoms with van der Waals surface area (Å²) in [4.78, 5) is 0. The normalized spacial score (nSPS) is 11.0. The van der Waals surface area contributed by atoms with Gasteiger partial charge in [0.25, 0.3) is 0 Å². The van der Waals surface area contributed by atoms with E-state index in [1.54, 1.807) is 0 Å². The van der Waals surface area contributed by atoms with Crippen molar-refractivity contribution < 1.29 is 0 Å². The van der Waals surface area contributed by atoms with Gasteiger partial charge in [-0.2, -0.15) is 0 Å². The second kappa shape index (κ2) is 10.6. The molecule has 0 unspecified atom stereocenters. The summed E-state index contributed by atoms with van der Waals surface area (Å²) >= 11 is 0. The summed E-state index contributed by atoms with van der Waals surface area (Å²) in [6, 6.07) is 26.8. The smallest absolute Gasteiger partial charge is 0.00589 e. The Morgan fingerprint density at radius 1 is 0.548 bits per heavy atom. The first-order valence-electron chi connectivity index (χ1n) is 11.9. The quantitative estimate of drug-likeness (QED) is 0.307. The van der Waals surface area contributed by atoms with Crippen molar-refractivity contribution in [3.8, 4) is 11.1 Å². The topological polar surface area (TPSA) is 0 Å². The van der Waals surface area contributed by atoms with Crippen LogP contribution in [0.1, 0.15) is 79.4 Å². The highest BCUT2D eigenvalue weighted by molar-refractivity contribution is 6.08. The van der Waals surface area contributed by atoms with Gasteiger partial charge in [-0.3, -0.25) is 0 Å². The summed E-state index contributed by atoms with van der Waals surface area (Å²) in [5, 5.41) is 5.32. The fourth-order valence-corrected chi connectivity index (χ4v) is 4.21. The Hall–Kier alpha value is -2.60. The molecular weight excluding hydrogens is 372 g/mol. The maximum atomic E-state index is 2.34. The lowest BCUT2D eigenvalue weighted by atomic mass is 9.77. The minimum atomic E-state index is 0.0740. The van der Waals surface area contributed by atoms with Crippen molar-refractivity contribution in [2.24, 2.45) is 0 Å². The van der Waals surface area contributed by atoms with Crippen LogP contribution in [0, 0.1) is 0 Å². The predicted molar refractivity (Wildman–Crippen MR) is 142 cm³/mol. The fourth-order valence-electron chi connectivity index (χ4n) is 4.21. The zero-order valence-electron chi connectivity index (χ0n) is 21.0. The summed E-state index contributed by atoms with van der Waals surface area (Å²) in [5.41, 5.74) is 5.73. The van der Waals surface area contributed by atoms with E-state index in [1.807, 2.05) is 27.7 Å². The molecule has 0 radical (unpaired) electrons. The van der Waals surface area contributed by atoms with Gasteiger partial charge >= 0.3 is 0 Å². The van der Waals surface area contributed by atoms with E-state index in [0.29, 0.717) is 5.92 Å². The van der Waals surface area contributed by atoms with Gasteiger partial charge in [0, 0.05) is 0 Å². The molecule has 4 aromatic carbocycles. The molecule has 0 aromatic heterocycles. The van der Waals surface area contributed by atoms with Crippen molar-refractivity contribution in [1.29, 1.82) is 0 Å². The first-order valence-corrected chi connectivity index (χ1v) is 11.9. The zero-order valence-corrected chi connectivity index (χ0v) is 21.0. The Kier molecular flexibility index (Phi) is 8.45. The fraction of sp³-hybridized carbons (Fsp3) is 0.355. The highest BCUT2D eigenvalue weighted by Gasteiger charge is 2.24. The summed E-state index contributed by atoms with van der Waals surface area (Å²) in [7, 11) is 0. The predicted octanol–water partition coefficient (Wildman–Crippen LogP) is 10.1. The van der Waals surface area contributed by atoms with Crippen LogP contribution < -0.4 is 0 Å². The standard InChI is InChI=1S/C27H28.2C2H6/c1-18(2)21-16-14-19-10-6-8-12-22(19)25(21)26-23-13-9-7-11-20(23)15-17-24(26)27(3,4)5;2*1-2/h6-18H,1-5H3;2*1-2H3. The molecule has 0 heterocycles. The summed E-state index contributed by atoms with van der Waals surface area (Å²) in [6.45, 7) is 19.6. The van der Waals surface area contributed by atoms with Crippen molar-refractivity contribution in [2.45, 2.75) is 73.6 Å². The van der Waals surface area contributed by atoms with E-state index < -0.39 is 0 Å². The zero-order chi connectivity index (χ0) is 23.2. The third-order valence-electron chi connectivity index (χ3n) is 5.57. The summed E-state index contributed by atoms with van der Waals surface area (Å²) in [6.07, 6.45) is 0. The second-order valence-electron chi connectivity index (χ2n) is 8.86. The van der Waals surface area contributed by atoms with Crippen LogP contribution in [0.15, 0.2) is 72.8 Å². The number of hydrogen-bond donors (Lipinski definition) is 0. The average molecular weight is 413 g/mol. The van der Waals surface area contributed by atoms with Crippen LogP contribution in [0.4, 0.5) is 0 Å². The van der Waals surface area contributed by atoms with Gasteiger partial charge < -0.3 is 0 Å². The molecule has 0 amide bonds. The van der Waals surface area contributed by atoms with Gasteiger partial charge in [0.1, 0.15) is 0 Å². The number of fused-ring (bicyclic) bond motifs is 2. The highest BCUT2D eigenvalue weighted by atomic mass is 14.3. The summed E-state index contributed by atoms with van der Waals surface area (Å²) < 4.78 is 0. The molecule has 0 aliphatic heterocycles. The van der Waals surface area contributed by atoms with Gasteiger partial charge in [0.15, 0.2) is 0 Å². The Morgan fingerprint density at radius 2 is 1.00 bits per heavy atom. The van der Waals surface area contributed by atoms with E-state index in [4.69, 9.17) is 0 Å². The molecule has 0 saturated carbocycles. The molecule has 0 N–H and O–H groups in total. The van der Waals surface area contributed by atoms with Crippen LogP contribution in [0.5, 0.6) is 0 Å². The monoisotopic (exact) mass is 412 g/mol. The van der Waals surface area contributed by atoms with Gasteiger partial charge in [-0.25, -0.2) is 0 Å². The summed E-state index contributed by atoms with van der Waals surface area (Å²) in [5.74, 6) is 0.469. The van der Waals surface area contributed by atoms with Crippen LogP contribution >= 0.6 is 0 Å². The molecule has 164 valence electrons. The molecule has 0 aliphatic rings. The first-order chi connectivity index (χ1) is 14.9. The molecule has 0 saturated heterocycles. The lowest BCUT2D eigenvalue weighted by molar-refractivity contribution is 0.592. The maximum absolute atomic E-state index is 2.34. The van der Waals surface area contributed by atoms with Crippen molar-refractivity contribution in [1.82, 2.24) is 0 Å². The van der Waals surface area contributed by atoms with E-state index in [0.717, 1.165) is 0 Å². The third kappa shape index (κ3) is 5.01. The highest BCUT2D eigenvalue weighted by Crippen LogP contribution is 2.44. The molecule has 0 fully saturated rings. The average Bonchev–Trinajstić information content (AvgIpc) is 2.79. The Balaban J connectivity index is 0.000000807. The van der Waals surface area contributed by atoms with Crippen LogP contribution in [-0.4, -0.2) is 0 Å². The number of benzene rings is 4. The van der Waals surface area contributed by atoms with E-state index in [9.17, 15) is 0 Å². The van der Waals surface area contributed by atoms with Gasteiger partial charge in [0.2, 0.25) is 0 Å². The van der Waals surface area contributed by atoms with E-state index >= 15 is 0 Å². The van der Waals surface area contributed by atoms with Gasteiger partial charge in [-0.05, 0) is 55.1 Å². The first kappa shape index (κ1) is 24.7. The van der Waals surface area contributed by atoms with Crippen molar-refractivity contribution >= 4 is 21.5 Å². The largest absolute Gasteiger partial charge is 0.0683 e. The lowest BCUT2D eigenvalue weighted by Crippen LogP contribution is -2.13. The van der Waals surface area contributed by atoms with Gasteiger partial charge in [-0.1, -0.05) is 135 Å². The molecule has 4 rings (SSSR count). The maximum Gasteiger partial charge on any atom is -0.00589 e. The van der Waals surface area contributed by atoms with Crippen LogP contribution in [-0.2, 0) is 5.41 Å². The molecule has 4 aromatic rings. The van der Waals surface area contributed by atoms with Crippen molar-refractivity contribution in [3.63, 3.8) is 0 Å². The SMILES string of the molecule is CC.CC.CC(C)c1ccc2ccccc2c1-c1c(C(C)(C)C)ccc2ccccc12. The molecule has 0 nitrogen and oxygen atoms in total. The Morgan fingerprint density at radius 3 is 1.48 bits per heavy atom. The van der Waals surface area contributed by atoms with Gasteiger partial charge in [0.05, 0.1) is 0 Å². The number of hydrogen-bond acceptors (Lipinski definition) is 0. The Labute approximate surface area is 190 Å². The second-order valence-corrected chi connectivity index (χ2v) is 8.86. The molecular formula is C31H40. The van der Waals surface area contributed by atoms with Crippen LogP contribution in [0.25, 0.3) is 32.7 Å². The molecule has 31 heavy (non-hydrogen) atoms. The van der Waals surface area contributed by atoms with E-state index in [2.05, 4.69) is 107 Å². The van der Waals surface area contributed by atoms with Crippen molar-refractivity contribution in [3.05, 3.63) is 83.9 Å². The molecule has 0 aliphatic carbocycles. The van der Waals surface area contributed by atoms with E-state index in [1.165, 1.54) is 43.8 Å².